The van der Waals surface area contributed by atoms with E-state index in [0.717, 1.165) is 5.56 Å². The Hall–Kier alpha value is -3.61. The summed E-state index contributed by atoms with van der Waals surface area (Å²) in [5.41, 5.74) is 4.12. The number of carbonyl (C=O) groups excluding carboxylic acids is 2. The van der Waals surface area contributed by atoms with Gasteiger partial charge in [-0.1, -0.05) is 12.1 Å². The first-order chi connectivity index (χ1) is 13.1. The Bertz CT molecular complexity index is 966. The van der Waals surface area contributed by atoms with Crippen molar-refractivity contribution in [3.63, 3.8) is 0 Å². The van der Waals surface area contributed by atoms with E-state index in [2.05, 4.69) is 10.5 Å². The number of nitrogens with one attached hydrogen (secondary N) is 1. The molecular formula is C20H18N2O5. The highest BCUT2D eigenvalue weighted by Gasteiger charge is 2.10. The zero-order chi connectivity index (χ0) is 19.2. The van der Waals surface area contributed by atoms with Gasteiger partial charge in [0, 0.05) is 5.56 Å². The molecule has 0 spiro atoms. The number of hydrogen-bond acceptors (Lipinski definition) is 6. The maximum absolute atomic E-state index is 11.9. The van der Waals surface area contributed by atoms with Gasteiger partial charge < -0.3 is 13.6 Å². The van der Waals surface area contributed by atoms with E-state index in [9.17, 15) is 9.59 Å². The zero-order valence-corrected chi connectivity index (χ0v) is 14.9. The highest BCUT2D eigenvalue weighted by molar-refractivity contribution is 5.95. The Labute approximate surface area is 155 Å². The third kappa shape index (κ3) is 4.33. The van der Waals surface area contributed by atoms with Gasteiger partial charge in [-0.25, -0.2) is 10.2 Å². The van der Waals surface area contributed by atoms with E-state index in [0.29, 0.717) is 35.0 Å². The van der Waals surface area contributed by atoms with Crippen LogP contribution in [-0.2, 0) is 4.74 Å². The molecule has 0 saturated carbocycles. The van der Waals surface area contributed by atoms with Crippen molar-refractivity contribution in [1.29, 1.82) is 0 Å². The van der Waals surface area contributed by atoms with Gasteiger partial charge in [-0.05, 0) is 44.2 Å². The second-order valence-electron chi connectivity index (χ2n) is 5.59. The highest BCUT2D eigenvalue weighted by atomic mass is 16.5. The van der Waals surface area contributed by atoms with Crippen molar-refractivity contribution in [3.8, 4) is 11.3 Å². The van der Waals surface area contributed by atoms with Crippen LogP contribution < -0.4 is 5.43 Å². The lowest BCUT2D eigenvalue weighted by molar-refractivity contribution is 0.0526. The van der Waals surface area contributed by atoms with Crippen molar-refractivity contribution in [2.75, 3.05) is 6.61 Å². The molecule has 0 atom stereocenters. The standard InChI is InChI=1S/C20H18N2O5/c1-3-25-20(24)15-6-4-14(5-7-15)18-9-8-16(27-18)12-21-22-19(23)17-10-11-26-13(17)2/h4-12H,3H2,1-2H3,(H,22,23)/b21-12+. The molecule has 0 saturated heterocycles. The van der Waals surface area contributed by atoms with E-state index >= 15 is 0 Å². The Morgan fingerprint density at radius 3 is 2.59 bits per heavy atom. The van der Waals surface area contributed by atoms with Gasteiger partial charge in [0.15, 0.2) is 0 Å². The average molecular weight is 366 g/mol. The molecule has 3 rings (SSSR count). The predicted molar refractivity (Wildman–Crippen MR) is 98.6 cm³/mol. The van der Waals surface area contributed by atoms with E-state index in [4.69, 9.17) is 13.6 Å². The van der Waals surface area contributed by atoms with Crippen LogP contribution in [0.25, 0.3) is 11.3 Å². The SMILES string of the molecule is CCOC(=O)c1ccc(-c2ccc(/C=N/NC(=O)c3ccoc3C)o2)cc1. The number of esters is 1. The molecule has 3 aromatic rings. The minimum atomic E-state index is -0.362. The fourth-order valence-electron chi connectivity index (χ4n) is 2.40. The van der Waals surface area contributed by atoms with Crippen LogP contribution in [-0.4, -0.2) is 24.7 Å². The summed E-state index contributed by atoms with van der Waals surface area (Å²) in [6.07, 6.45) is 2.85. The van der Waals surface area contributed by atoms with Gasteiger partial charge in [0.2, 0.25) is 0 Å². The summed E-state index contributed by atoms with van der Waals surface area (Å²) in [4.78, 5) is 23.6. The van der Waals surface area contributed by atoms with Crippen molar-refractivity contribution >= 4 is 18.1 Å². The molecule has 0 aliphatic rings. The van der Waals surface area contributed by atoms with E-state index in [1.807, 2.05) is 0 Å². The number of hydrogen-bond donors (Lipinski definition) is 1. The van der Waals surface area contributed by atoms with Crippen molar-refractivity contribution in [2.24, 2.45) is 5.10 Å². The lowest BCUT2D eigenvalue weighted by Gasteiger charge is -2.02. The highest BCUT2D eigenvalue weighted by Crippen LogP contribution is 2.22. The maximum Gasteiger partial charge on any atom is 0.338 e. The Morgan fingerprint density at radius 1 is 1.15 bits per heavy atom. The minimum absolute atomic E-state index is 0.332. The molecule has 1 amide bonds. The number of benzene rings is 1. The van der Waals surface area contributed by atoms with Crippen LogP contribution in [0.3, 0.4) is 0 Å². The number of carbonyl (C=O) groups is 2. The second kappa shape index (κ2) is 8.18. The lowest BCUT2D eigenvalue weighted by Crippen LogP contribution is -2.17. The number of aryl methyl sites for hydroxylation is 1. The van der Waals surface area contributed by atoms with E-state index in [1.165, 1.54) is 12.5 Å². The summed E-state index contributed by atoms with van der Waals surface area (Å²) in [5.74, 6) is 0.889. The molecule has 2 aromatic heterocycles. The Kier molecular flexibility index (Phi) is 5.51. The number of hydrazone groups is 1. The molecule has 138 valence electrons. The van der Waals surface area contributed by atoms with Gasteiger partial charge in [-0.3, -0.25) is 4.79 Å². The quantitative estimate of drug-likeness (QED) is 0.407. The fourth-order valence-corrected chi connectivity index (χ4v) is 2.40. The van der Waals surface area contributed by atoms with Crippen LogP contribution in [0.1, 0.15) is 39.2 Å². The third-order valence-corrected chi connectivity index (χ3v) is 3.77. The second-order valence-corrected chi connectivity index (χ2v) is 5.59. The van der Waals surface area contributed by atoms with Crippen LogP contribution >= 0.6 is 0 Å². The summed E-state index contributed by atoms with van der Waals surface area (Å²) >= 11 is 0. The van der Waals surface area contributed by atoms with Crippen LogP contribution in [0, 0.1) is 6.92 Å². The third-order valence-electron chi connectivity index (χ3n) is 3.77. The normalized spacial score (nSPS) is 10.9. The van der Waals surface area contributed by atoms with Gasteiger partial charge in [-0.2, -0.15) is 5.10 Å². The monoisotopic (exact) mass is 366 g/mol. The lowest BCUT2D eigenvalue weighted by atomic mass is 10.1. The summed E-state index contributed by atoms with van der Waals surface area (Å²) in [6, 6.07) is 12.0. The molecule has 27 heavy (non-hydrogen) atoms. The van der Waals surface area contributed by atoms with Crippen molar-refractivity contribution in [1.82, 2.24) is 5.43 Å². The van der Waals surface area contributed by atoms with E-state index in [1.54, 1.807) is 56.3 Å². The number of furan rings is 2. The van der Waals surface area contributed by atoms with Gasteiger partial charge in [-0.15, -0.1) is 0 Å². The molecule has 0 radical (unpaired) electrons. The molecule has 1 aromatic carbocycles. The smallest absolute Gasteiger partial charge is 0.338 e. The average Bonchev–Trinajstić information content (AvgIpc) is 3.31. The Balaban J connectivity index is 1.63. The summed E-state index contributed by atoms with van der Waals surface area (Å²) < 4.78 is 15.7. The fraction of sp³-hybridized carbons (Fsp3) is 0.150. The summed E-state index contributed by atoms with van der Waals surface area (Å²) in [5, 5.41) is 3.88. The molecule has 7 heteroatoms. The van der Waals surface area contributed by atoms with Gasteiger partial charge >= 0.3 is 5.97 Å². The van der Waals surface area contributed by atoms with Gasteiger partial charge in [0.05, 0.1) is 30.2 Å². The molecule has 0 aliphatic carbocycles. The number of rotatable bonds is 6. The Morgan fingerprint density at radius 2 is 1.93 bits per heavy atom. The first-order valence-electron chi connectivity index (χ1n) is 8.33. The minimum Gasteiger partial charge on any atom is -0.469 e. The van der Waals surface area contributed by atoms with E-state index in [-0.39, 0.29) is 11.9 Å². The van der Waals surface area contributed by atoms with Gasteiger partial charge in [0.25, 0.3) is 5.91 Å². The van der Waals surface area contributed by atoms with Crippen molar-refractivity contribution in [3.05, 3.63) is 71.4 Å². The largest absolute Gasteiger partial charge is 0.469 e. The molecule has 0 aliphatic heterocycles. The number of ether oxygens (including phenoxy) is 1. The maximum atomic E-state index is 11.9. The predicted octanol–water partition coefficient (Wildman–Crippen LogP) is 3.79. The number of amides is 1. The number of nitrogens with zero attached hydrogens (tertiary/aromatic N) is 1. The summed E-state index contributed by atoms with van der Waals surface area (Å²) in [6.45, 7) is 3.79. The van der Waals surface area contributed by atoms with Crippen LogP contribution in [0.2, 0.25) is 0 Å². The molecule has 2 heterocycles. The van der Waals surface area contributed by atoms with Gasteiger partial charge in [0.1, 0.15) is 17.3 Å². The molecular weight excluding hydrogens is 348 g/mol. The van der Waals surface area contributed by atoms with Crippen molar-refractivity contribution in [2.45, 2.75) is 13.8 Å². The van der Waals surface area contributed by atoms with E-state index < -0.39 is 0 Å². The summed E-state index contributed by atoms with van der Waals surface area (Å²) in [7, 11) is 0. The van der Waals surface area contributed by atoms with Crippen LogP contribution in [0.15, 0.2) is 62.7 Å². The molecule has 0 unspecified atom stereocenters. The molecule has 1 N–H and O–H groups in total. The molecule has 7 nitrogen and oxygen atoms in total. The van der Waals surface area contributed by atoms with Crippen molar-refractivity contribution < 1.29 is 23.2 Å². The zero-order valence-electron chi connectivity index (χ0n) is 14.9. The first-order valence-corrected chi connectivity index (χ1v) is 8.33. The first kappa shape index (κ1) is 18.2. The molecule has 0 fully saturated rings. The van der Waals surface area contributed by atoms with Crippen LogP contribution in [0.5, 0.6) is 0 Å². The molecule has 0 bridgehead atoms. The van der Waals surface area contributed by atoms with Crippen LogP contribution in [0.4, 0.5) is 0 Å². The topological polar surface area (TPSA) is 94.0 Å².